The number of thioether (sulfide) groups is 1. The first-order valence-corrected chi connectivity index (χ1v) is 8.92. The average Bonchev–Trinajstić information content (AvgIpc) is 2.62. The number of rotatable bonds is 6. The Morgan fingerprint density at radius 1 is 1.22 bits per heavy atom. The van der Waals surface area contributed by atoms with E-state index in [0.29, 0.717) is 0 Å². The lowest BCUT2D eigenvalue weighted by Gasteiger charge is -2.39. The number of carboxylic acid groups (broad SMARTS) is 2. The van der Waals surface area contributed by atoms with Gasteiger partial charge >= 0.3 is 11.9 Å². The second-order valence-electron chi connectivity index (χ2n) is 7.97. The van der Waals surface area contributed by atoms with Gasteiger partial charge in [-0.3, -0.25) is 14.4 Å². The Hall–Kier alpha value is -1.24. The standard InChI is InChI=1S/C16H25NO5S/c1-15(2)5-10-6-16(3,8-15)9-17(10)12(18)7-23-11(14(21)22)4-13(19)20/h10-11H,4-9H2,1-3H3,(H,19,20)(H,21,22)/t10-,11-,16+/m0/s1. The number of carbonyl (C=O) groups excluding carboxylic acids is 1. The highest BCUT2D eigenvalue weighted by atomic mass is 32.2. The number of carboxylic acids is 2. The molecule has 2 N–H and O–H groups in total. The molecule has 0 spiro atoms. The van der Waals surface area contributed by atoms with Gasteiger partial charge in [0, 0.05) is 12.6 Å². The van der Waals surface area contributed by atoms with Crippen LogP contribution >= 0.6 is 11.8 Å². The van der Waals surface area contributed by atoms with Gasteiger partial charge in [-0.05, 0) is 30.1 Å². The first-order valence-electron chi connectivity index (χ1n) is 7.87. The maximum Gasteiger partial charge on any atom is 0.317 e. The van der Waals surface area contributed by atoms with Gasteiger partial charge in [-0.2, -0.15) is 0 Å². The summed E-state index contributed by atoms with van der Waals surface area (Å²) in [6.45, 7) is 7.39. The number of hydrogen-bond acceptors (Lipinski definition) is 4. The van der Waals surface area contributed by atoms with Crippen LogP contribution in [0.2, 0.25) is 0 Å². The van der Waals surface area contributed by atoms with Crippen LogP contribution in [-0.2, 0) is 14.4 Å². The molecule has 7 heteroatoms. The van der Waals surface area contributed by atoms with Crippen LogP contribution in [0.3, 0.4) is 0 Å². The van der Waals surface area contributed by atoms with E-state index in [1.165, 1.54) is 0 Å². The fraction of sp³-hybridized carbons (Fsp3) is 0.812. The van der Waals surface area contributed by atoms with E-state index in [-0.39, 0.29) is 28.5 Å². The SMILES string of the molecule is CC1(C)C[C@H]2C[C@@](C)(CN2C(=O)CS[C@@H](CC(=O)O)C(=O)O)C1. The highest BCUT2D eigenvalue weighted by Crippen LogP contribution is 2.52. The van der Waals surface area contributed by atoms with Gasteiger partial charge in [-0.15, -0.1) is 11.8 Å². The average molecular weight is 343 g/mol. The van der Waals surface area contributed by atoms with Crippen LogP contribution < -0.4 is 0 Å². The molecule has 2 bridgehead atoms. The molecule has 3 atom stereocenters. The highest BCUT2D eigenvalue weighted by Gasteiger charge is 2.50. The van der Waals surface area contributed by atoms with Crippen molar-refractivity contribution in [2.24, 2.45) is 10.8 Å². The van der Waals surface area contributed by atoms with Crippen LogP contribution in [0, 0.1) is 10.8 Å². The summed E-state index contributed by atoms with van der Waals surface area (Å²) in [6.07, 6.45) is 2.59. The number of carbonyl (C=O) groups is 3. The maximum absolute atomic E-state index is 12.5. The van der Waals surface area contributed by atoms with Crippen molar-refractivity contribution in [3.8, 4) is 0 Å². The summed E-state index contributed by atoms with van der Waals surface area (Å²) >= 11 is 0.914. The van der Waals surface area contributed by atoms with Crippen molar-refractivity contribution in [3.63, 3.8) is 0 Å². The lowest BCUT2D eigenvalue weighted by atomic mass is 9.65. The third-order valence-electron chi connectivity index (χ3n) is 4.78. The largest absolute Gasteiger partial charge is 0.481 e. The van der Waals surface area contributed by atoms with E-state index < -0.39 is 23.6 Å². The van der Waals surface area contributed by atoms with E-state index in [1.807, 2.05) is 4.90 Å². The van der Waals surface area contributed by atoms with Crippen LogP contribution in [0.15, 0.2) is 0 Å². The monoisotopic (exact) mass is 343 g/mol. The fourth-order valence-corrected chi connectivity index (χ4v) is 5.30. The van der Waals surface area contributed by atoms with Gasteiger partial charge < -0.3 is 15.1 Å². The Morgan fingerprint density at radius 2 is 1.87 bits per heavy atom. The summed E-state index contributed by atoms with van der Waals surface area (Å²) < 4.78 is 0. The minimum atomic E-state index is -1.18. The van der Waals surface area contributed by atoms with Gasteiger partial charge in [0.25, 0.3) is 0 Å². The number of fused-ring (bicyclic) bond motifs is 2. The molecule has 1 saturated carbocycles. The van der Waals surface area contributed by atoms with E-state index in [9.17, 15) is 14.4 Å². The molecular weight excluding hydrogens is 318 g/mol. The normalized spacial score (nSPS) is 30.0. The summed E-state index contributed by atoms with van der Waals surface area (Å²) in [6, 6.07) is 0.222. The smallest absolute Gasteiger partial charge is 0.317 e. The molecular formula is C16H25NO5S. The molecule has 1 aliphatic carbocycles. The lowest BCUT2D eigenvalue weighted by molar-refractivity contribution is -0.143. The second-order valence-corrected chi connectivity index (χ2v) is 9.16. The number of nitrogens with zero attached hydrogens (tertiary/aromatic N) is 1. The minimum Gasteiger partial charge on any atom is -0.481 e. The topological polar surface area (TPSA) is 94.9 Å². The third-order valence-corrected chi connectivity index (χ3v) is 5.96. The zero-order valence-electron chi connectivity index (χ0n) is 13.9. The summed E-state index contributed by atoms with van der Waals surface area (Å²) in [7, 11) is 0. The van der Waals surface area contributed by atoms with Crippen molar-refractivity contribution >= 4 is 29.6 Å². The Kier molecular flexibility index (Phi) is 4.99. The number of likely N-dealkylation sites (tertiary alicyclic amines) is 1. The van der Waals surface area contributed by atoms with Gasteiger partial charge in [-0.25, -0.2) is 0 Å². The first kappa shape index (κ1) is 18.1. The quantitative estimate of drug-likeness (QED) is 0.767. The molecule has 2 rings (SSSR count). The molecule has 130 valence electrons. The Bertz CT molecular complexity index is 521. The number of amides is 1. The van der Waals surface area contributed by atoms with Crippen molar-refractivity contribution in [1.82, 2.24) is 4.90 Å². The van der Waals surface area contributed by atoms with Crippen molar-refractivity contribution in [1.29, 1.82) is 0 Å². The molecule has 23 heavy (non-hydrogen) atoms. The Morgan fingerprint density at radius 3 is 2.43 bits per heavy atom. The predicted molar refractivity (Wildman–Crippen MR) is 87.4 cm³/mol. The molecule has 0 aromatic rings. The summed E-state index contributed by atoms with van der Waals surface area (Å²) in [5.41, 5.74) is 0.354. The van der Waals surface area contributed by atoms with Gasteiger partial charge in [0.05, 0.1) is 12.2 Å². The lowest BCUT2D eigenvalue weighted by Crippen LogP contribution is -2.39. The zero-order valence-corrected chi connectivity index (χ0v) is 14.7. The predicted octanol–water partition coefficient (Wildman–Crippen LogP) is 2.07. The number of aliphatic carboxylic acids is 2. The van der Waals surface area contributed by atoms with Crippen LogP contribution in [0.4, 0.5) is 0 Å². The van der Waals surface area contributed by atoms with E-state index in [2.05, 4.69) is 20.8 Å². The molecule has 0 aromatic heterocycles. The van der Waals surface area contributed by atoms with E-state index in [0.717, 1.165) is 37.6 Å². The third kappa shape index (κ3) is 4.40. The summed E-state index contributed by atoms with van der Waals surface area (Å²) in [5, 5.41) is 16.7. The molecule has 1 heterocycles. The van der Waals surface area contributed by atoms with E-state index in [1.54, 1.807) is 0 Å². The van der Waals surface area contributed by atoms with Crippen LogP contribution in [0.1, 0.15) is 46.5 Å². The van der Waals surface area contributed by atoms with E-state index in [4.69, 9.17) is 10.2 Å². The van der Waals surface area contributed by atoms with Gasteiger partial charge in [0.15, 0.2) is 0 Å². The summed E-state index contributed by atoms with van der Waals surface area (Å²) in [4.78, 5) is 36.2. The fourth-order valence-electron chi connectivity index (χ4n) is 4.38. The Labute approximate surface area is 140 Å². The van der Waals surface area contributed by atoms with Crippen molar-refractivity contribution in [3.05, 3.63) is 0 Å². The minimum absolute atomic E-state index is 0.0251. The maximum atomic E-state index is 12.5. The van der Waals surface area contributed by atoms with Crippen molar-refractivity contribution in [2.75, 3.05) is 12.3 Å². The molecule has 6 nitrogen and oxygen atoms in total. The molecule has 0 unspecified atom stereocenters. The Balaban J connectivity index is 1.96. The van der Waals surface area contributed by atoms with E-state index >= 15 is 0 Å². The van der Waals surface area contributed by atoms with Crippen LogP contribution in [-0.4, -0.2) is 56.5 Å². The summed E-state index contributed by atoms with van der Waals surface area (Å²) in [5.74, 6) is -2.39. The molecule has 1 amide bonds. The first-order chi connectivity index (χ1) is 10.5. The molecule has 2 fully saturated rings. The van der Waals surface area contributed by atoms with Crippen molar-refractivity contribution in [2.45, 2.75) is 57.7 Å². The van der Waals surface area contributed by atoms with Crippen LogP contribution in [0.25, 0.3) is 0 Å². The second kappa shape index (κ2) is 6.34. The molecule has 0 radical (unpaired) electrons. The van der Waals surface area contributed by atoms with Gasteiger partial charge in [0.1, 0.15) is 5.25 Å². The molecule has 2 aliphatic rings. The zero-order chi connectivity index (χ0) is 17.4. The molecule has 0 aromatic carbocycles. The van der Waals surface area contributed by atoms with Gasteiger partial charge in [0.2, 0.25) is 5.91 Å². The number of hydrogen-bond donors (Lipinski definition) is 2. The highest BCUT2D eigenvalue weighted by molar-refractivity contribution is 8.01. The molecule has 1 saturated heterocycles. The van der Waals surface area contributed by atoms with Crippen LogP contribution in [0.5, 0.6) is 0 Å². The van der Waals surface area contributed by atoms with Crippen molar-refractivity contribution < 1.29 is 24.6 Å². The molecule has 1 aliphatic heterocycles. The van der Waals surface area contributed by atoms with Gasteiger partial charge in [-0.1, -0.05) is 20.8 Å².